The smallest absolute Gasteiger partial charge is 0.123 e. The molecule has 0 heterocycles. The highest BCUT2D eigenvalue weighted by Crippen LogP contribution is 2.40. The summed E-state index contributed by atoms with van der Waals surface area (Å²) in [5.41, 5.74) is 0.968. The molecular weight excluding hydrogens is 229 g/mol. The molecular formula is C15H22FNO. The summed E-state index contributed by atoms with van der Waals surface area (Å²) in [4.78, 5) is 0. The van der Waals surface area contributed by atoms with Gasteiger partial charge in [-0.3, -0.25) is 0 Å². The van der Waals surface area contributed by atoms with Gasteiger partial charge in [0.1, 0.15) is 11.6 Å². The maximum Gasteiger partial charge on any atom is 0.123 e. The molecule has 18 heavy (non-hydrogen) atoms. The number of rotatable bonds is 6. The highest BCUT2D eigenvalue weighted by Gasteiger charge is 2.30. The third-order valence-electron chi connectivity index (χ3n) is 3.76. The lowest BCUT2D eigenvalue weighted by Gasteiger charge is -2.35. The number of halogens is 1. The Bertz CT molecular complexity index is 390. The van der Waals surface area contributed by atoms with E-state index in [0.717, 1.165) is 24.3 Å². The van der Waals surface area contributed by atoms with Gasteiger partial charge >= 0.3 is 0 Å². The number of hydrogen-bond acceptors (Lipinski definition) is 2. The van der Waals surface area contributed by atoms with Crippen LogP contribution < -0.4 is 10.1 Å². The van der Waals surface area contributed by atoms with Crippen LogP contribution in [0.5, 0.6) is 5.75 Å². The van der Waals surface area contributed by atoms with Crippen molar-refractivity contribution in [3.63, 3.8) is 0 Å². The minimum Gasteiger partial charge on any atom is -0.496 e. The van der Waals surface area contributed by atoms with Crippen molar-refractivity contribution in [2.45, 2.75) is 38.6 Å². The molecule has 1 aromatic carbocycles. The average Bonchev–Trinajstić information content (AvgIpc) is 2.32. The van der Waals surface area contributed by atoms with Gasteiger partial charge in [-0.2, -0.15) is 0 Å². The molecule has 1 aromatic rings. The number of nitrogens with one attached hydrogen (secondary N) is 1. The fourth-order valence-electron chi connectivity index (χ4n) is 2.55. The number of hydrogen-bond donors (Lipinski definition) is 1. The van der Waals surface area contributed by atoms with Crippen LogP contribution in [0.2, 0.25) is 0 Å². The maximum atomic E-state index is 13.5. The average molecular weight is 251 g/mol. The molecule has 0 aromatic heterocycles. The summed E-state index contributed by atoms with van der Waals surface area (Å²) in [7, 11) is 1.65. The molecule has 0 spiro atoms. The summed E-state index contributed by atoms with van der Waals surface area (Å²) in [5.74, 6) is 1.22. The van der Waals surface area contributed by atoms with Crippen LogP contribution in [-0.2, 0) is 0 Å². The van der Waals surface area contributed by atoms with Crippen LogP contribution in [0, 0.1) is 11.7 Å². The molecule has 0 amide bonds. The van der Waals surface area contributed by atoms with Crippen LogP contribution >= 0.6 is 0 Å². The standard InChI is InChI=1S/C15H22FNO/c1-3-9-17-15(11-5-4-6-11)13-10-12(16)7-8-14(13)18-2/h7-8,10-11,15,17H,3-6,9H2,1-2H3. The summed E-state index contributed by atoms with van der Waals surface area (Å²) in [5, 5.41) is 3.54. The zero-order valence-corrected chi connectivity index (χ0v) is 11.2. The lowest BCUT2D eigenvalue weighted by molar-refractivity contribution is 0.226. The minimum atomic E-state index is -0.187. The molecule has 1 atom stereocenters. The second-order valence-electron chi connectivity index (χ2n) is 5.01. The van der Waals surface area contributed by atoms with Crippen LogP contribution in [-0.4, -0.2) is 13.7 Å². The number of ether oxygens (including phenoxy) is 1. The SMILES string of the molecule is CCCNC(c1cc(F)ccc1OC)C1CCC1. The third kappa shape index (κ3) is 2.83. The molecule has 2 rings (SSSR count). The summed E-state index contributed by atoms with van der Waals surface area (Å²) >= 11 is 0. The molecule has 1 aliphatic rings. The summed E-state index contributed by atoms with van der Waals surface area (Å²) < 4.78 is 18.8. The molecule has 1 unspecified atom stereocenters. The van der Waals surface area contributed by atoms with Gasteiger partial charge in [0, 0.05) is 11.6 Å². The second kappa shape index (κ2) is 6.19. The molecule has 2 nitrogen and oxygen atoms in total. The van der Waals surface area contributed by atoms with Gasteiger partial charge in [0.15, 0.2) is 0 Å². The van der Waals surface area contributed by atoms with Crippen molar-refractivity contribution >= 4 is 0 Å². The first-order chi connectivity index (χ1) is 8.76. The topological polar surface area (TPSA) is 21.3 Å². The normalized spacial score (nSPS) is 17.3. The van der Waals surface area contributed by atoms with Gasteiger partial charge in [-0.1, -0.05) is 13.3 Å². The fourth-order valence-corrected chi connectivity index (χ4v) is 2.55. The van der Waals surface area contributed by atoms with Gasteiger partial charge < -0.3 is 10.1 Å². The molecule has 1 saturated carbocycles. The Morgan fingerprint density at radius 2 is 2.22 bits per heavy atom. The number of benzene rings is 1. The first-order valence-corrected chi connectivity index (χ1v) is 6.83. The van der Waals surface area contributed by atoms with Crippen molar-refractivity contribution in [3.8, 4) is 5.75 Å². The maximum absolute atomic E-state index is 13.5. The molecule has 1 N–H and O–H groups in total. The van der Waals surface area contributed by atoms with Gasteiger partial charge in [-0.25, -0.2) is 4.39 Å². The van der Waals surface area contributed by atoms with E-state index in [9.17, 15) is 4.39 Å². The van der Waals surface area contributed by atoms with Crippen LogP contribution in [0.4, 0.5) is 4.39 Å². The Balaban J connectivity index is 2.24. The third-order valence-corrected chi connectivity index (χ3v) is 3.76. The molecule has 0 bridgehead atoms. The van der Waals surface area contributed by atoms with E-state index in [-0.39, 0.29) is 11.9 Å². The van der Waals surface area contributed by atoms with Crippen molar-refractivity contribution in [2.24, 2.45) is 5.92 Å². The van der Waals surface area contributed by atoms with E-state index in [2.05, 4.69) is 12.2 Å². The Kier molecular flexibility index (Phi) is 4.59. The molecule has 100 valence electrons. The van der Waals surface area contributed by atoms with E-state index in [4.69, 9.17) is 4.74 Å². The van der Waals surface area contributed by atoms with Gasteiger partial charge in [-0.15, -0.1) is 0 Å². The Morgan fingerprint density at radius 1 is 1.44 bits per heavy atom. The van der Waals surface area contributed by atoms with Crippen molar-refractivity contribution in [1.29, 1.82) is 0 Å². The predicted octanol–water partition coefficient (Wildman–Crippen LogP) is 3.68. The van der Waals surface area contributed by atoms with E-state index < -0.39 is 0 Å². The van der Waals surface area contributed by atoms with Crippen molar-refractivity contribution in [2.75, 3.05) is 13.7 Å². The summed E-state index contributed by atoms with van der Waals surface area (Å²) in [6.07, 6.45) is 4.82. The zero-order chi connectivity index (χ0) is 13.0. The van der Waals surface area contributed by atoms with Crippen LogP contribution in [0.15, 0.2) is 18.2 Å². The van der Waals surface area contributed by atoms with Crippen LogP contribution in [0.25, 0.3) is 0 Å². The minimum absolute atomic E-state index is 0.187. The van der Waals surface area contributed by atoms with Gasteiger partial charge in [0.25, 0.3) is 0 Å². The van der Waals surface area contributed by atoms with Crippen molar-refractivity contribution in [3.05, 3.63) is 29.6 Å². The fraction of sp³-hybridized carbons (Fsp3) is 0.600. The molecule has 0 aliphatic heterocycles. The summed E-state index contributed by atoms with van der Waals surface area (Å²) in [6.45, 7) is 3.11. The Labute approximate surface area is 109 Å². The second-order valence-corrected chi connectivity index (χ2v) is 5.01. The zero-order valence-electron chi connectivity index (χ0n) is 11.2. The highest BCUT2D eigenvalue weighted by atomic mass is 19.1. The first-order valence-electron chi connectivity index (χ1n) is 6.83. The molecule has 1 aliphatic carbocycles. The van der Waals surface area contributed by atoms with Crippen LogP contribution in [0.3, 0.4) is 0 Å². The lowest BCUT2D eigenvalue weighted by Crippen LogP contribution is -2.33. The predicted molar refractivity (Wildman–Crippen MR) is 71.3 cm³/mol. The van der Waals surface area contributed by atoms with E-state index in [1.165, 1.54) is 25.3 Å². The molecule has 0 saturated heterocycles. The highest BCUT2D eigenvalue weighted by molar-refractivity contribution is 5.37. The van der Waals surface area contributed by atoms with E-state index in [1.54, 1.807) is 19.2 Å². The largest absolute Gasteiger partial charge is 0.496 e. The molecule has 0 radical (unpaired) electrons. The van der Waals surface area contributed by atoms with Crippen molar-refractivity contribution < 1.29 is 9.13 Å². The number of methoxy groups -OCH3 is 1. The van der Waals surface area contributed by atoms with Crippen LogP contribution in [0.1, 0.15) is 44.2 Å². The Morgan fingerprint density at radius 3 is 2.78 bits per heavy atom. The van der Waals surface area contributed by atoms with E-state index in [0.29, 0.717) is 5.92 Å². The summed E-state index contributed by atoms with van der Waals surface area (Å²) in [6, 6.07) is 5.03. The van der Waals surface area contributed by atoms with E-state index in [1.807, 2.05) is 0 Å². The lowest BCUT2D eigenvalue weighted by atomic mass is 9.77. The molecule has 1 fully saturated rings. The Hall–Kier alpha value is -1.09. The van der Waals surface area contributed by atoms with Gasteiger partial charge in [0.05, 0.1) is 7.11 Å². The van der Waals surface area contributed by atoms with Gasteiger partial charge in [-0.05, 0) is 49.9 Å². The monoisotopic (exact) mass is 251 g/mol. The molecule has 3 heteroatoms. The van der Waals surface area contributed by atoms with Crippen molar-refractivity contribution in [1.82, 2.24) is 5.32 Å². The first kappa shape index (κ1) is 13.3. The van der Waals surface area contributed by atoms with Gasteiger partial charge in [0.2, 0.25) is 0 Å². The van der Waals surface area contributed by atoms with E-state index >= 15 is 0 Å². The quantitative estimate of drug-likeness (QED) is 0.832.